The molecule has 0 atom stereocenters. The van der Waals surface area contributed by atoms with Gasteiger partial charge in [-0.05, 0) is 31.9 Å². The molecule has 0 heterocycles. The predicted octanol–water partition coefficient (Wildman–Crippen LogP) is 4.76. The first-order valence-electron chi connectivity index (χ1n) is 4.55. The van der Waals surface area contributed by atoms with E-state index in [2.05, 4.69) is 0 Å². The van der Waals surface area contributed by atoms with Gasteiger partial charge >= 0.3 is 0 Å². The van der Waals surface area contributed by atoms with Crippen LogP contribution in [-0.2, 0) is 0 Å². The van der Waals surface area contributed by atoms with Crippen molar-refractivity contribution in [2.75, 3.05) is 0 Å². The van der Waals surface area contributed by atoms with Crippen molar-refractivity contribution in [3.05, 3.63) is 35.2 Å². The standard InChI is InChI=1S/C11H15F3/c1-4-5-6-9(12)11(14)7-10(13)8(2)3/h6-7H,4-5H2,1-3H3/b9-6-,11-7+. The van der Waals surface area contributed by atoms with E-state index in [9.17, 15) is 13.2 Å². The average Bonchev–Trinajstić information content (AvgIpc) is 2.13. The fourth-order valence-corrected chi connectivity index (χ4v) is 0.693. The number of hydrogen-bond acceptors (Lipinski definition) is 0. The second-order valence-electron chi connectivity index (χ2n) is 3.18. The molecule has 0 aliphatic rings. The fraction of sp³-hybridized carbons (Fsp3) is 0.455. The van der Waals surface area contributed by atoms with E-state index < -0.39 is 17.5 Å². The van der Waals surface area contributed by atoms with Gasteiger partial charge in [-0.3, -0.25) is 0 Å². The molecule has 0 fully saturated rings. The number of halogens is 3. The summed E-state index contributed by atoms with van der Waals surface area (Å²) < 4.78 is 38.5. The summed E-state index contributed by atoms with van der Waals surface area (Å²) in [5.41, 5.74) is 0.323. The molecule has 0 aliphatic carbocycles. The lowest BCUT2D eigenvalue weighted by molar-refractivity contribution is 0.533. The highest BCUT2D eigenvalue weighted by atomic mass is 19.2. The molecule has 0 aromatic rings. The maximum Gasteiger partial charge on any atom is 0.161 e. The monoisotopic (exact) mass is 204 g/mol. The Morgan fingerprint density at radius 2 is 1.64 bits per heavy atom. The molecule has 0 spiro atoms. The largest absolute Gasteiger partial charge is 0.207 e. The van der Waals surface area contributed by atoms with Crippen LogP contribution in [0.5, 0.6) is 0 Å². The highest BCUT2D eigenvalue weighted by molar-refractivity contribution is 5.27. The number of unbranched alkanes of at least 4 members (excludes halogenated alkanes) is 1. The van der Waals surface area contributed by atoms with E-state index in [-0.39, 0.29) is 0 Å². The molecule has 0 rings (SSSR count). The molecule has 0 amide bonds. The Balaban J connectivity index is 4.61. The van der Waals surface area contributed by atoms with Crippen molar-refractivity contribution in [2.24, 2.45) is 0 Å². The summed E-state index contributed by atoms with van der Waals surface area (Å²) in [4.78, 5) is 0. The molecule has 80 valence electrons. The fourth-order valence-electron chi connectivity index (χ4n) is 0.693. The summed E-state index contributed by atoms with van der Waals surface area (Å²) in [6.45, 7) is 4.83. The summed E-state index contributed by atoms with van der Waals surface area (Å²) in [6.07, 6.45) is 2.86. The SMILES string of the molecule is CCC/C=C(F)/C(F)=C\C(F)=C(C)C. The summed E-state index contributed by atoms with van der Waals surface area (Å²) in [6, 6.07) is 0. The molecule has 0 N–H and O–H groups in total. The lowest BCUT2D eigenvalue weighted by Gasteiger charge is -1.94. The lowest BCUT2D eigenvalue weighted by atomic mass is 10.2. The Labute approximate surface area is 82.8 Å². The van der Waals surface area contributed by atoms with Crippen molar-refractivity contribution in [3.8, 4) is 0 Å². The zero-order chi connectivity index (χ0) is 11.1. The van der Waals surface area contributed by atoms with Gasteiger partial charge in [-0.15, -0.1) is 0 Å². The van der Waals surface area contributed by atoms with E-state index in [1.807, 2.05) is 6.92 Å². The molecule has 0 saturated heterocycles. The van der Waals surface area contributed by atoms with E-state index in [1.54, 1.807) is 0 Å². The van der Waals surface area contributed by atoms with Crippen molar-refractivity contribution in [2.45, 2.75) is 33.6 Å². The van der Waals surface area contributed by atoms with Gasteiger partial charge in [-0.1, -0.05) is 13.3 Å². The van der Waals surface area contributed by atoms with Crippen LogP contribution >= 0.6 is 0 Å². The number of allylic oxidation sites excluding steroid dienone is 6. The smallest absolute Gasteiger partial charge is 0.161 e. The Kier molecular flexibility index (Phi) is 6.00. The minimum atomic E-state index is -1.16. The van der Waals surface area contributed by atoms with Crippen molar-refractivity contribution < 1.29 is 13.2 Å². The topological polar surface area (TPSA) is 0 Å². The Bertz CT molecular complexity index is 268. The summed E-state index contributed by atoms with van der Waals surface area (Å²) >= 11 is 0. The summed E-state index contributed by atoms with van der Waals surface area (Å²) in [5.74, 6) is -2.89. The molecule has 0 unspecified atom stereocenters. The number of hydrogen-bond donors (Lipinski definition) is 0. The van der Waals surface area contributed by atoms with Gasteiger partial charge in [0.25, 0.3) is 0 Å². The molecule has 0 bridgehead atoms. The van der Waals surface area contributed by atoms with Crippen LogP contribution in [0, 0.1) is 0 Å². The van der Waals surface area contributed by atoms with Crippen LogP contribution in [0.4, 0.5) is 13.2 Å². The molecule has 0 aromatic heterocycles. The van der Waals surface area contributed by atoms with Crippen LogP contribution in [0.15, 0.2) is 35.2 Å². The quantitative estimate of drug-likeness (QED) is 0.579. The maximum atomic E-state index is 12.9. The van der Waals surface area contributed by atoms with Crippen LogP contribution in [0.3, 0.4) is 0 Å². The predicted molar refractivity (Wildman–Crippen MR) is 52.8 cm³/mol. The van der Waals surface area contributed by atoms with Crippen LogP contribution in [0.2, 0.25) is 0 Å². The lowest BCUT2D eigenvalue weighted by Crippen LogP contribution is -1.79. The third kappa shape index (κ3) is 4.90. The zero-order valence-corrected chi connectivity index (χ0v) is 8.70. The van der Waals surface area contributed by atoms with Crippen LogP contribution in [0.1, 0.15) is 33.6 Å². The summed E-state index contributed by atoms with van der Waals surface area (Å²) in [5, 5.41) is 0. The van der Waals surface area contributed by atoms with Gasteiger partial charge in [0.05, 0.1) is 0 Å². The van der Waals surface area contributed by atoms with Gasteiger partial charge in [-0.25, -0.2) is 13.2 Å². The first-order chi connectivity index (χ1) is 6.49. The Hall–Kier alpha value is -0.990. The third-order valence-electron chi connectivity index (χ3n) is 1.57. The Morgan fingerprint density at radius 3 is 2.07 bits per heavy atom. The van der Waals surface area contributed by atoms with E-state index in [0.717, 1.165) is 12.5 Å². The highest BCUT2D eigenvalue weighted by Crippen LogP contribution is 2.18. The second-order valence-corrected chi connectivity index (χ2v) is 3.18. The molecule has 0 nitrogen and oxygen atoms in total. The van der Waals surface area contributed by atoms with Crippen molar-refractivity contribution >= 4 is 0 Å². The van der Waals surface area contributed by atoms with Gasteiger partial charge in [0, 0.05) is 6.08 Å². The van der Waals surface area contributed by atoms with Gasteiger partial charge in [-0.2, -0.15) is 0 Å². The first kappa shape index (κ1) is 13.0. The molecule has 0 aromatic carbocycles. The van der Waals surface area contributed by atoms with Gasteiger partial charge in [0.2, 0.25) is 0 Å². The van der Waals surface area contributed by atoms with E-state index >= 15 is 0 Å². The van der Waals surface area contributed by atoms with Crippen molar-refractivity contribution in [1.82, 2.24) is 0 Å². The van der Waals surface area contributed by atoms with Crippen molar-refractivity contribution in [3.63, 3.8) is 0 Å². The Morgan fingerprint density at radius 1 is 1.07 bits per heavy atom. The van der Waals surface area contributed by atoms with Crippen molar-refractivity contribution in [1.29, 1.82) is 0 Å². The minimum absolute atomic E-state index is 0.323. The average molecular weight is 204 g/mol. The zero-order valence-electron chi connectivity index (χ0n) is 8.70. The second kappa shape index (κ2) is 6.46. The molecular weight excluding hydrogens is 189 g/mol. The van der Waals surface area contributed by atoms with E-state index in [0.29, 0.717) is 18.1 Å². The highest BCUT2D eigenvalue weighted by Gasteiger charge is 2.04. The normalized spacial score (nSPS) is 13.0. The first-order valence-corrected chi connectivity index (χ1v) is 4.55. The molecule has 3 heteroatoms. The van der Waals surface area contributed by atoms with Crippen LogP contribution < -0.4 is 0 Å². The summed E-state index contributed by atoms with van der Waals surface area (Å²) in [7, 11) is 0. The van der Waals surface area contributed by atoms with Gasteiger partial charge in [0.1, 0.15) is 5.83 Å². The van der Waals surface area contributed by atoms with Crippen LogP contribution in [0.25, 0.3) is 0 Å². The number of rotatable bonds is 4. The van der Waals surface area contributed by atoms with Gasteiger partial charge in [0.15, 0.2) is 11.7 Å². The van der Waals surface area contributed by atoms with Gasteiger partial charge < -0.3 is 0 Å². The molecule has 0 radical (unpaired) electrons. The molecule has 0 saturated carbocycles. The molecule has 14 heavy (non-hydrogen) atoms. The molecular formula is C11H15F3. The maximum absolute atomic E-state index is 12.9. The third-order valence-corrected chi connectivity index (χ3v) is 1.57. The van der Waals surface area contributed by atoms with E-state index in [4.69, 9.17) is 0 Å². The van der Waals surface area contributed by atoms with Crippen LogP contribution in [-0.4, -0.2) is 0 Å². The van der Waals surface area contributed by atoms with E-state index in [1.165, 1.54) is 13.8 Å². The molecule has 0 aliphatic heterocycles. The minimum Gasteiger partial charge on any atom is -0.207 e.